The number of carbonyl (C=O) groups is 2. The molecule has 2 aromatic carbocycles. The number of anilines is 2. The molecule has 0 aliphatic rings. The Hall–Kier alpha value is -3.10. The fraction of sp³-hybridized carbons (Fsp3) is 0. The van der Waals surface area contributed by atoms with Crippen LogP contribution in [0.5, 0.6) is 0 Å². The molecule has 3 aromatic rings. The zero-order valence-electron chi connectivity index (χ0n) is 14.1. The van der Waals surface area contributed by atoms with Crippen molar-refractivity contribution < 1.29 is 19.1 Å². The van der Waals surface area contributed by atoms with E-state index in [1.54, 1.807) is 12.1 Å². The number of carboxylic acid groups (broad SMARTS) is 1. The van der Waals surface area contributed by atoms with Gasteiger partial charge < -0.3 is 15.1 Å². The first-order valence-electron chi connectivity index (χ1n) is 7.91. The normalized spacial score (nSPS) is 10.4. The number of rotatable bonds is 6. The molecule has 9 heteroatoms. The fourth-order valence-corrected chi connectivity index (χ4v) is 3.06. The molecule has 0 atom stereocenters. The van der Waals surface area contributed by atoms with E-state index in [1.165, 1.54) is 60.6 Å². The molecule has 142 valence electrons. The highest BCUT2D eigenvalue weighted by atomic mass is 35.5. The molecule has 0 spiro atoms. The van der Waals surface area contributed by atoms with Crippen molar-refractivity contribution in [2.75, 3.05) is 10.0 Å². The van der Waals surface area contributed by atoms with E-state index in [0.29, 0.717) is 22.0 Å². The van der Waals surface area contributed by atoms with Crippen LogP contribution in [0.4, 0.5) is 15.9 Å². The van der Waals surface area contributed by atoms with Gasteiger partial charge in [0.2, 0.25) is 0 Å². The van der Waals surface area contributed by atoms with E-state index in [9.17, 15) is 14.0 Å². The molecule has 28 heavy (non-hydrogen) atoms. The molecule has 0 bridgehead atoms. The van der Waals surface area contributed by atoms with E-state index < -0.39 is 17.7 Å². The lowest BCUT2D eigenvalue weighted by atomic mass is 10.2. The van der Waals surface area contributed by atoms with Crippen molar-refractivity contribution >= 4 is 46.9 Å². The second-order valence-electron chi connectivity index (χ2n) is 5.55. The maximum atomic E-state index is 13.2. The Balaban J connectivity index is 1.67. The Morgan fingerprint density at radius 3 is 2.64 bits per heavy atom. The number of aromatic carboxylic acids is 1. The van der Waals surface area contributed by atoms with Crippen molar-refractivity contribution in [1.82, 2.24) is 4.98 Å². The average Bonchev–Trinajstić information content (AvgIpc) is 2.69. The summed E-state index contributed by atoms with van der Waals surface area (Å²) in [6, 6.07) is 13.4. The topological polar surface area (TPSA) is 91.3 Å². The molecule has 3 rings (SSSR count). The molecule has 0 unspecified atom stereocenters. The van der Waals surface area contributed by atoms with E-state index in [1.807, 2.05) is 0 Å². The Morgan fingerprint density at radius 1 is 1.07 bits per heavy atom. The van der Waals surface area contributed by atoms with Crippen molar-refractivity contribution in [3.05, 3.63) is 82.8 Å². The van der Waals surface area contributed by atoms with Gasteiger partial charge in [0.05, 0.1) is 10.6 Å². The highest BCUT2D eigenvalue weighted by molar-refractivity contribution is 8.00. The van der Waals surface area contributed by atoms with E-state index in [0.717, 1.165) is 0 Å². The van der Waals surface area contributed by atoms with E-state index >= 15 is 0 Å². The third-order valence-corrected chi connectivity index (χ3v) is 4.64. The van der Waals surface area contributed by atoms with Crippen LogP contribution >= 0.6 is 23.5 Å². The number of carboxylic acids is 1. The first-order chi connectivity index (χ1) is 13.4. The minimum atomic E-state index is -1.01. The van der Waals surface area contributed by atoms with Crippen LogP contribution in [0.25, 0.3) is 0 Å². The number of nitrogens with one attached hydrogen (secondary N) is 2. The van der Waals surface area contributed by atoms with Gasteiger partial charge in [0.15, 0.2) is 0 Å². The second-order valence-corrected chi connectivity index (χ2v) is 6.84. The Kier molecular flexibility index (Phi) is 6.13. The van der Waals surface area contributed by atoms with Gasteiger partial charge >= 0.3 is 5.97 Å². The van der Waals surface area contributed by atoms with Crippen LogP contribution in [0, 0.1) is 5.82 Å². The van der Waals surface area contributed by atoms with Gasteiger partial charge in [-0.05, 0) is 60.5 Å². The summed E-state index contributed by atoms with van der Waals surface area (Å²) in [7, 11) is 0. The molecule has 1 aromatic heterocycles. The van der Waals surface area contributed by atoms with E-state index in [4.69, 9.17) is 16.7 Å². The van der Waals surface area contributed by atoms with Crippen molar-refractivity contribution in [3.63, 3.8) is 0 Å². The maximum absolute atomic E-state index is 13.2. The van der Waals surface area contributed by atoms with E-state index in [2.05, 4.69) is 15.0 Å². The molecular weight excluding hydrogens is 405 g/mol. The van der Waals surface area contributed by atoms with Crippen LogP contribution in [0.15, 0.2) is 65.7 Å². The third kappa shape index (κ3) is 4.99. The molecular formula is C19H13ClFN3O3S. The number of halogens is 2. The summed E-state index contributed by atoms with van der Waals surface area (Å²) >= 11 is 6.88. The molecule has 0 saturated carbocycles. The molecule has 1 heterocycles. The quantitative estimate of drug-likeness (QED) is 0.492. The molecule has 0 aliphatic heterocycles. The SMILES string of the molecule is O=C(O)c1cccc(SNc2cc(C(=O)Nc3ccc(F)c(Cl)c3)ccn2)c1. The van der Waals surface area contributed by atoms with Gasteiger partial charge in [-0.1, -0.05) is 17.7 Å². The van der Waals surface area contributed by atoms with Crippen molar-refractivity contribution in [2.24, 2.45) is 0 Å². The molecule has 1 amide bonds. The average molecular weight is 418 g/mol. The minimum Gasteiger partial charge on any atom is -0.478 e. The zero-order chi connectivity index (χ0) is 20.1. The van der Waals surface area contributed by atoms with Gasteiger partial charge in [-0.3, -0.25) is 4.79 Å². The van der Waals surface area contributed by atoms with Crippen LogP contribution in [0.2, 0.25) is 5.02 Å². The lowest BCUT2D eigenvalue weighted by Gasteiger charge is -2.08. The number of hydrogen-bond acceptors (Lipinski definition) is 5. The number of carbonyl (C=O) groups excluding carboxylic acids is 1. The van der Waals surface area contributed by atoms with Crippen molar-refractivity contribution in [1.29, 1.82) is 0 Å². The highest BCUT2D eigenvalue weighted by Crippen LogP contribution is 2.23. The van der Waals surface area contributed by atoms with Gasteiger partial charge in [-0.2, -0.15) is 0 Å². The van der Waals surface area contributed by atoms with Crippen LogP contribution in [-0.2, 0) is 0 Å². The number of nitrogens with zero attached hydrogens (tertiary/aromatic N) is 1. The van der Waals surface area contributed by atoms with Gasteiger partial charge in [-0.15, -0.1) is 0 Å². The Bertz CT molecular complexity index is 1050. The molecule has 3 N–H and O–H groups in total. The predicted octanol–water partition coefficient (Wildman–Crippen LogP) is 4.94. The van der Waals surface area contributed by atoms with E-state index in [-0.39, 0.29) is 10.6 Å². The van der Waals surface area contributed by atoms with Crippen LogP contribution in [-0.4, -0.2) is 22.0 Å². The second kappa shape index (κ2) is 8.73. The number of pyridine rings is 1. The fourth-order valence-electron chi connectivity index (χ4n) is 2.21. The van der Waals surface area contributed by atoms with Crippen LogP contribution < -0.4 is 10.0 Å². The molecule has 0 aliphatic carbocycles. The number of hydrogen-bond donors (Lipinski definition) is 3. The van der Waals surface area contributed by atoms with Gasteiger partial charge in [0, 0.05) is 22.3 Å². The Labute approximate surface area is 168 Å². The largest absolute Gasteiger partial charge is 0.478 e. The Morgan fingerprint density at radius 2 is 1.89 bits per heavy atom. The molecule has 0 radical (unpaired) electrons. The third-order valence-electron chi connectivity index (χ3n) is 3.55. The first kappa shape index (κ1) is 19.7. The molecule has 0 saturated heterocycles. The summed E-state index contributed by atoms with van der Waals surface area (Å²) in [5, 5.41) is 11.6. The van der Waals surface area contributed by atoms with Gasteiger partial charge in [0.25, 0.3) is 5.91 Å². The summed E-state index contributed by atoms with van der Waals surface area (Å²) in [5.41, 5.74) is 0.867. The molecule has 6 nitrogen and oxygen atoms in total. The highest BCUT2D eigenvalue weighted by Gasteiger charge is 2.10. The standard InChI is InChI=1S/C19H13ClFN3O3S/c20-15-10-13(4-5-16(15)21)23-18(25)11-6-7-22-17(9-11)24-28-14-3-1-2-12(8-14)19(26)27/h1-10H,(H,22,24)(H,23,25)(H,26,27). The maximum Gasteiger partial charge on any atom is 0.335 e. The first-order valence-corrected chi connectivity index (χ1v) is 9.10. The van der Waals surface area contributed by atoms with Crippen molar-refractivity contribution in [3.8, 4) is 0 Å². The summed E-state index contributed by atoms with van der Waals surface area (Å²) in [5.74, 6) is -1.58. The summed E-state index contributed by atoms with van der Waals surface area (Å²) in [6.45, 7) is 0. The number of amides is 1. The number of aromatic nitrogens is 1. The summed E-state index contributed by atoms with van der Waals surface area (Å²) in [6.07, 6.45) is 1.46. The molecule has 0 fully saturated rings. The van der Waals surface area contributed by atoms with Gasteiger partial charge in [0.1, 0.15) is 11.6 Å². The smallest absolute Gasteiger partial charge is 0.335 e. The van der Waals surface area contributed by atoms with Gasteiger partial charge in [-0.25, -0.2) is 14.2 Å². The lowest BCUT2D eigenvalue weighted by molar-refractivity contribution is 0.0696. The zero-order valence-corrected chi connectivity index (χ0v) is 15.7. The van der Waals surface area contributed by atoms with Crippen LogP contribution in [0.1, 0.15) is 20.7 Å². The predicted molar refractivity (Wildman–Crippen MR) is 106 cm³/mol. The summed E-state index contributed by atoms with van der Waals surface area (Å²) < 4.78 is 16.2. The minimum absolute atomic E-state index is 0.0881. The monoisotopic (exact) mass is 417 g/mol. The summed E-state index contributed by atoms with van der Waals surface area (Å²) in [4.78, 5) is 28.2. The number of benzene rings is 2. The van der Waals surface area contributed by atoms with Crippen LogP contribution in [0.3, 0.4) is 0 Å². The van der Waals surface area contributed by atoms with Crippen molar-refractivity contribution in [2.45, 2.75) is 4.90 Å². The lowest BCUT2D eigenvalue weighted by Crippen LogP contribution is -2.12.